The van der Waals surface area contributed by atoms with Crippen LogP contribution in [0, 0.1) is 0 Å². The highest BCUT2D eigenvalue weighted by atomic mass is 16.5. The summed E-state index contributed by atoms with van der Waals surface area (Å²) in [7, 11) is 1.67. The molecule has 4 heteroatoms. The SMILES string of the molecule is CCCCOC(=O)[C@H](Cc1ccccc1)N(C)C(=O)CC. The molecule has 0 aliphatic carbocycles. The van der Waals surface area contributed by atoms with Crippen LogP contribution in [0.5, 0.6) is 0 Å². The Morgan fingerprint density at radius 3 is 2.43 bits per heavy atom. The van der Waals surface area contributed by atoms with Gasteiger partial charge in [0.2, 0.25) is 5.91 Å². The van der Waals surface area contributed by atoms with Gasteiger partial charge in [-0.05, 0) is 12.0 Å². The van der Waals surface area contributed by atoms with Crippen molar-refractivity contribution in [3.63, 3.8) is 0 Å². The van der Waals surface area contributed by atoms with Crippen molar-refractivity contribution in [3.8, 4) is 0 Å². The van der Waals surface area contributed by atoms with Crippen LogP contribution < -0.4 is 0 Å². The summed E-state index contributed by atoms with van der Waals surface area (Å²) in [6.45, 7) is 4.25. The molecule has 0 aliphatic heterocycles. The molecule has 0 aliphatic rings. The third kappa shape index (κ3) is 5.58. The maximum absolute atomic E-state index is 12.3. The predicted molar refractivity (Wildman–Crippen MR) is 82.9 cm³/mol. The Morgan fingerprint density at radius 2 is 1.86 bits per heavy atom. The number of carbonyl (C=O) groups is 2. The molecule has 0 bridgehead atoms. The summed E-state index contributed by atoms with van der Waals surface area (Å²) >= 11 is 0. The Balaban J connectivity index is 2.78. The number of ether oxygens (including phenoxy) is 1. The fraction of sp³-hybridized carbons (Fsp3) is 0.529. The molecule has 0 aromatic heterocycles. The molecule has 1 aromatic rings. The summed E-state index contributed by atoms with van der Waals surface area (Å²) in [5, 5.41) is 0. The van der Waals surface area contributed by atoms with Crippen molar-refractivity contribution in [2.45, 2.75) is 45.6 Å². The van der Waals surface area contributed by atoms with Gasteiger partial charge < -0.3 is 9.64 Å². The van der Waals surface area contributed by atoms with E-state index >= 15 is 0 Å². The van der Waals surface area contributed by atoms with E-state index in [4.69, 9.17) is 4.74 Å². The number of hydrogen-bond donors (Lipinski definition) is 0. The Morgan fingerprint density at radius 1 is 1.19 bits per heavy atom. The molecular weight excluding hydrogens is 266 g/mol. The first-order valence-corrected chi connectivity index (χ1v) is 7.56. The molecule has 116 valence electrons. The molecule has 0 saturated carbocycles. The molecule has 21 heavy (non-hydrogen) atoms. The minimum atomic E-state index is -0.559. The second kappa shape index (κ2) is 9.16. The van der Waals surface area contributed by atoms with Gasteiger partial charge in [0.05, 0.1) is 6.61 Å². The molecular formula is C17H25NO3. The summed E-state index contributed by atoms with van der Waals surface area (Å²) in [6, 6.07) is 9.13. The average molecular weight is 291 g/mol. The van der Waals surface area contributed by atoms with E-state index in [0.29, 0.717) is 19.4 Å². The van der Waals surface area contributed by atoms with Gasteiger partial charge in [0.1, 0.15) is 6.04 Å². The molecule has 1 atom stereocenters. The third-order valence-corrected chi connectivity index (χ3v) is 3.45. The van der Waals surface area contributed by atoms with Gasteiger partial charge in [-0.25, -0.2) is 4.79 Å². The standard InChI is InChI=1S/C17H25NO3/c1-4-6-12-21-17(20)15(18(3)16(19)5-2)13-14-10-8-7-9-11-14/h7-11,15H,4-6,12-13H2,1-3H3/t15-/m0/s1. The average Bonchev–Trinajstić information content (AvgIpc) is 2.52. The maximum Gasteiger partial charge on any atom is 0.329 e. The molecule has 0 saturated heterocycles. The van der Waals surface area contributed by atoms with Crippen molar-refractivity contribution in [2.24, 2.45) is 0 Å². The maximum atomic E-state index is 12.3. The quantitative estimate of drug-likeness (QED) is 0.546. The minimum absolute atomic E-state index is 0.0524. The topological polar surface area (TPSA) is 46.6 Å². The van der Waals surface area contributed by atoms with E-state index in [1.165, 1.54) is 4.90 Å². The second-order valence-electron chi connectivity index (χ2n) is 5.08. The van der Waals surface area contributed by atoms with Crippen molar-refractivity contribution in [2.75, 3.05) is 13.7 Å². The van der Waals surface area contributed by atoms with E-state index in [-0.39, 0.29) is 11.9 Å². The summed E-state index contributed by atoms with van der Waals surface area (Å²) < 4.78 is 5.30. The van der Waals surface area contributed by atoms with Crippen molar-refractivity contribution in [1.82, 2.24) is 4.90 Å². The first-order valence-electron chi connectivity index (χ1n) is 7.56. The normalized spacial score (nSPS) is 11.8. The minimum Gasteiger partial charge on any atom is -0.464 e. The number of unbranched alkanes of at least 4 members (excludes halogenated alkanes) is 1. The van der Waals surface area contributed by atoms with Gasteiger partial charge >= 0.3 is 5.97 Å². The Kier molecular flexibility index (Phi) is 7.51. The molecule has 1 rings (SSSR count). The van der Waals surface area contributed by atoms with Gasteiger partial charge in [-0.2, -0.15) is 0 Å². The number of likely N-dealkylation sites (N-methyl/N-ethyl adjacent to an activating group) is 1. The zero-order valence-electron chi connectivity index (χ0n) is 13.2. The highest BCUT2D eigenvalue weighted by Crippen LogP contribution is 2.11. The van der Waals surface area contributed by atoms with Crippen LogP contribution in [0.1, 0.15) is 38.7 Å². The van der Waals surface area contributed by atoms with E-state index in [2.05, 4.69) is 0 Å². The summed E-state index contributed by atoms with van der Waals surface area (Å²) in [4.78, 5) is 25.7. The lowest BCUT2D eigenvalue weighted by atomic mass is 10.0. The van der Waals surface area contributed by atoms with E-state index in [1.54, 1.807) is 14.0 Å². The molecule has 0 radical (unpaired) electrons. The van der Waals surface area contributed by atoms with Crippen molar-refractivity contribution < 1.29 is 14.3 Å². The molecule has 1 amide bonds. The highest BCUT2D eigenvalue weighted by Gasteiger charge is 2.27. The van der Waals surface area contributed by atoms with Gasteiger partial charge in [-0.1, -0.05) is 50.6 Å². The fourth-order valence-corrected chi connectivity index (χ4v) is 2.05. The smallest absolute Gasteiger partial charge is 0.329 e. The van der Waals surface area contributed by atoms with Crippen LogP contribution >= 0.6 is 0 Å². The summed E-state index contributed by atoms with van der Waals surface area (Å²) in [5.41, 5.74) is 1.02. The number of benzene rings is 1. The predicted octanol–water partition coefficient (Wildman–Crippen LogP) is 2.81. The zero-order chi connectivity index (χ0) is 15.7. The number of amides is 1. The molecule has 0 heterocycles. The lowest BCUT2D eigenvalue weighted by Crippen LogP contribution is -2.44. The van der Waals surface area contributed by atoms with Crippen LogP contribution in [0.15, 0.2) is 30.3 Å². The largest absolute Gasteiger partial charge is 0.464 e. The van der Waals surface area contributed by atoms with Crippen LogP contribution in [0.2, 0.25) is 0 Å². The Hall–Kier alpha value is -1.84. The monoisotopic (exact) mass is 291 g/mol. The Labute approximate surface area is 127 Å². The molecule has 1 aromatic carbocycles. The van der Waals surface area contributed by atoms with Crippen LogP contribution in [0.25, 0.3) is 0 Å². The molecule has 0 fully saturated rings. The van der Waals surface area contributed by atoms with Crippen molar-refractivity contribution in [1.29, 1.82) is 0 Å². The van der Waals surface area contributed by atoms with Gasteiger partial charge in [0.25, 0.3) is 0 Å². The molecule has 0 unspecified atom stereocenters. The first kappa shape index (κ1) is 17.2. The number of esters is 1. The lowest BCUT2D eigenvalue weighted by molar-refractivity contribution is -0.154. The lowest BCUT2D eigenvalue weighted by Gasteiger charge is -2.26. The van der Waals surface area contributed by atoms with Crippen molar-refractivity contribution in [3.05, 3.63) is 35.9 Å². The van der Waals surface area contributed by atoms with Crippen LogP contribution in [0.3, 0.4) is 0 Å². The number of carbonyl (C=O) groups excluding carboxylic acids is 2. The second-order valence-corrected chi connectivity index (χ2v) is 5.08. The van der Waals surface area contributed by atoms with Gasteiger partial charge in [0, 0.05) is 19.9 Å². The third-order valence-electron chi connectivity index (χ3n) is 3.45. The first-order chi connectivity index (χ1) is 10.1. The zero-order valence-corrected chi connectivity index (χ0v) is 13.2. The van der Waals surface area contributed by atoms with Crippen molar-refractivity contribution >= 4 is 11.9 Å². The highest BCUT2D eigenvalue weighted by molar-refractivity contribution is 5.84. The number of rotatable bonds is 8. The van der Waals surface area contributed by atoms with E-state index < -0.39 is 6.04 Å². The fourth-order valence-electron chi connectivity index (χ4n) is 2.05. The van der Waals surface area contributed by atoms with Crippen LogP contribution in [0.4, 0.5) is 0 Å². The molecule has 0 spiro atoms. The van der Waals surface area contributed by atoms with Gasteiger partial charge in [0.15, 0.2) is 0 Å². The van der Waals surface area contributed by atoms with Crippen LogP contribution in [-0.4, -0.2) is 36.5 Å². The Bertz CT molecular complexity index is 445. The van der Waals surface area contributed by atoms with E-state index in [1.807, 2.05) is 37.3 Å². The molecule has 4 nitrogen and oxygen atoms in total. The van der Waals surface area contributed by atoms with E-state index in [9.17, 15) is 9.59 Å². The molecule has 0 N–H and O–H groups in total. The number of hydrogen-bond acceptors (Lipinski definition) is 3. The van der Waals surface area contributed by atoms with Gasteiger partial charge in [-0.3, -0.25) is 4.79 Å². The van der Waals surface area contributed by atoms with E-state index in [0.717, 1.165) is 18.4 Å². The van der Waals surface area contributed by atoms with Crippen LogP contribution in [-0.2, 0) is 20.7 Å². The summed E-state index contributed by atoms with van der Waals surface area (Å²) in [6.07, 6.45) is 2.67. The summed E-state index contributed by atoms with van der Waals surface area (Å²) in [5.74, 6) is -0.375. The van der Waals surface area contributed by atoms with Gasteiger partial charge in [-0.15, -0.1) is 0 Å². The number of nitrogens with zero attached hydrogens (tertiary/aromatic N) is 1.